The minimum absolute atomic E-state index is 0.159. The third kappa shape index (κ3) is 10.9. The second-order valence-electron chi connectivity index (χ2n) is 26.4. The molecule has 6 aliphatic rings. The number of benzene rings is 8. The van der Waals surface area contributed by atoms with Crippen molar-refractivity contribution in [2.75, 3.05) is 26.4 Å². The Morgan fingerprint density at radius 3 is 0.802 bits per heavy atom. The summed E-state index contributed by atoms with van der Waals surface area (Å²) in [6, 6.07) is 64.8. The van der Waals surface area contributed by atoms with Crippen molar-refractivity contribution >= 4 is 32.8 Å². The molecular formula is C74H80O13P2Si2. The van der Waals surface area contributed by atoms with Gasteiger partial charge in [-0.15, -0.1) is 0 Å². The smallest absolute Gasteiger partial charge is 0.414 e. The van der Waals surface area contributed by atoms with E-state index in [1.165, 1.54) is 0 Å². The van der Waals surface area contributed by atoms with E-state index in [0.717, 1.165) is 89.0 Å². The zero-order chi connectivity index (χ0) is 63.1. The molecule has 0 spiro atoms. The molecule has 0 radical (unpaired) electrons. The SMILES string of the molecule is CC(C)[Si]1(C(C)C)O[C@@H]2[C@@H](OP(=O)(OCC3c4ccccc4-c4ccccc43)OCC3c4ccccc4-c4ccccc43)[C@H](OP(=O)(OCC3c4ccccc4-c4ccccc43)OCC3c4ccccc4-c4ccccc43)[C@@H](O)[C@@H](O)[C@H]2O[Si](C(C)C)(C(C)C)O1. The van der Waals surface area contributed by atoms with E-state index < -0.39 is 93.1 Å². The van der Waals surface area contributed by atoms with Gasteiger partial charge in [0.2, 0.25) is 0 Å². The van der Waals surface area contributed by atoms with Gasteiger partial charge in [-0.25, -0.2) is 9.13 Å². The van der Waals surface area contributed by atoms with Crippen LogP contribution in [0, 0.1) is 0 Å². The average molecular weight is 1300 g/mol. The van der Waals surface area contributed by atoms with Crippen LogP contribution in [0.5, 0.6) is 0 Å². The lowest BCUT2D eigenvalue weighted by Crippen LogP contribution is -2.67. The van der Waals surface area contributed by atoms with Crippen LogP contribution < -0.4 is 0 Å². The van der Waals surface area contributed by atoms with E-state index in [9.17, 15) is 10.2 Å². The number of hydrogen-bond acceptors (Lipinski definition) is 13. The Kier molecular flexibility index (Phi) is 17.1. The normalized spacial score (nSPS) is 22.3. The number of hydrogen-bond donors (Lipinski definition) is 2. The summed E-state index contributed by atoms with van der Waals surface area (Å²) < 4.78 is 98.5. The maximum atomic E-state index is 17.0. The fourth-order valence-electron chi connectivity index (χ4n) is 15.7. The van der Waals surface area contributed by atoms with Gasteiger partial charge in [0.25, 0.3) is 0 Å². The van der Waals surface area contributed by atoms with E-state index in [1.54, 1.807) is 0 Å². The Balaban J connectivity index is 0.910. The molecule has 13 nitrogen and oxygen atoms in total. The van der Waals surface area contributed by atoms with Gasteiger partial charge in [-0.3, -0.25) is 27.1 Å². The van der Waals surface area contributed by atoms with Crippen LogP contribution in [-0.4, -0.2) is 90.4 Å². The third-order valence-electron chi connectivity index (χ3n) is 20.1. The van der Waals surface area contributed by atoms with Crippen molar-refractivity contribution in [2.24, 2.45) is 0 Å². The van der Waals surface area contributed by atoms with Gasteiger partial charge in [-0.1, -0.05) is 250 Å². The topological polar surface area (TPSA) is 158 Å². The Hall–Kier alpha value is -5.79. The molecule has 0 unspecified atom stereocenters. The second kappa shape index (κ2) is 24.8. The zero-order valence-electron chi connectivity index (χ0n) is 52.7. The Labute approximate surface area is 536 Å². The lowest BCUT2D eigenvalue weighted by molar-refractivity contribution is -0.208. The number of aliphatic hydroxyl groups is 2. The molecule has 1 saturated heterocycles. The van der Waals surface area contributed by atoms with Gasteiger partial charge in [0.05, 0.1) is 26.4 Å². The third-order valence-corrected chi connectivity index (χ3v) is 33.3. The molecule has 8 aromatic rings. The lowest BCUT2D eigenvalue weighted by Gasteiger charge is -2.49. The first kappa shape index (κ1) is 62.7. The number of fused-ring (bicyclic) bond motifs is 13. The molecule has 0 bridgehead atoms. The standard InChI is InChI=1S/C74H80O13P2Si2/c1-45(2)90(46(3)4)85-72-70(76)69(75)71(83-88(77,79-41-65-57-33-17-9-25-49(57)50-26-10-18-34-58(50)65)80-42-66-59-35-19-11-27-51(59)52-28-12-20-36-60(52)66)73(74(72)86-91(87-90,47(5)6)48(7)8)84-89(78,81-43-67-61-37-21-13-29-53(61)54-30-14-22-38-62(54)67)82-44-68-63-39-23-15-31-55(63)56-32-16-24-40-64(56)68/h9-40,45-48,65-76H,41-44H2,1-8H3/t69-,70+,71+,72+,73-,74-/m0/s1. The van der Waals surface area contributed by atoms with Gasteiger partial charge >= 0.3 is 32.8 Å². The summed E-state index contributed by atoms with van der Waals surface area (Å²) in [5, 5.41) is 26.4. The molecule has 91 heavy (non-hydrogen) atoms. The van der Waals surface area contributed by atoms with Gasteiger partial charge < -0.3 is 23.2 Å². The van der Waals surface area contributed by atoms with Crippen LogP contribution in [0.2, 0.25) is 22.2 Å². The van der Waals surface area contributed by atoms with Crippen molar-refractivity contribution < 1.29 is 59.5 Å². The number of rotatable bonds is 20. The van der Waals surface area contributed by atoms with Crippen LogP contribution >= 0.6 is 15.6 Å². The molecule has 1 heterocycles. The number of aliphatic hydroxyl groups excluding tert-OH is 2. The van der Waals surface area contributed by atoms with Crippen LogP contribution in [0.3, 0.4) is 0 Å². The quantitative estimate of drug-likeness (QED) is 0.0549. The highest BCUT2D eigenvalue weighted by molar-refractivity contribution is 7.48. The molecule has 472 valence electrons. The Morgan fingerprint density at radius 2 is 0.560 bits per heavy atom. The average Bonchev–Trinajstić information content (AvgIpc) is 1.70. The second-order valence-corrected chi connectivity index (χ2v) is 38.5. The largest absolute Gasteiger partial charge is 0.475 e. The molecule has 0 aromatic heterocycles. The van der Waals surface area contributed by atoms with Crippen LogP contribution in [0.15, 0.2) is 194 Å². The van der Waals surface area contributed by atoms with Crippen molar-refractivity contribution in [1.82, 2.24) is 0 Å². The summed E-state index contributed by atoms with van der Waals surface area (Å²) in [5.74, 6) is -1.64. The van der Waals surface area contributed by atoms with Crippen LogP contribution in [-0.2, 0) is 49.2 Å². The minimum Gasteiger partial charge on any atom is -0.414 e. The maximum Gasteiger partial charge on any atom is 0.475 e. The van der Waals surface area contributed by atoms with E-state index in [0.29, 0.717) is 0 Å². The first-order valence-electron chi connectivity index (χ1n) is 32.2. The highest BCUT2D eigenvalue weighted by Gasteiger charge is 2.67. The zero-order valence-corrected chi connectivity index (χ0v) is 56.5. The van der Waals surface area contributed by atoms with E-state index in [4.69, 9.17) is 40.1 Å². The minimum atomic E-state index is -5.03. The first-order valence-corrected chi connectivity index (χ1v) is 39.1. The summed E-state index contributed by atoms with van der Waals surface area (Å²) in [5.41, 5.74) is 15.2. The first-order chi connectivity index (χ1) is 43.9. The van der Waals surface area contributed by atoms with Crippen molar-refractivity contribution in [3.05, 3.63) is 239 Å². The van der Waals surface area contributed by atoms with Gasteiger partial charge in [0.1, 0.15) is 36.6 Å². The molecular weight excluding hydrogens is 1210 g/mol. The van der Waals surface area contributed by atoms with Gasteiger partial charge in [0.15, 0.2) is 0 Å². The van der Waals surface area contributed by atoms with E-state index in [2.05, 4.69) is 128 Å². The number of phosphoric acid groups is 2. The Bertz CT molecular complexity index is 3710. The van der Waals surface area contributed by atoms with Crippen molar-refractivity contribution in [3.63, 3.8) is 0 Å². The predicted molar refractivity (Wildman–Crippen MR) is 358 cm³/mol. The molecule has 2 fully saturated rings. The summed E-state index contributed by atoms with van der Waals surface area (Å²) in [6.07, 6.45) is -10.1. The lowest BCUT2D eigenvalue weighted by atomic mass is 9.85. The van der Waals surface area contributed by atoms with Crippen molar-refractivity contribution in [1.29, 1.82) is 0 Å². The molecule has 5 aliphatic carbocycles. The van der Waals surface area contributed by atoms with Crippen LogP contribution in [0.1, 0.15) is 124 Å². The number of phosphoric ester groups is 2. The molecule has 6 atom stereocenters. The molecule has 17 heteroatoms. The molecule has 14 rings (SSSR count). The summed E-state index contributed by atoms with van der Waals surface area (Å²) in [6.45, 7) is 15.9. The van der Waals surface area contributed by atoms with E-state index in [1.807, 2.05) is 121 Å². The van der Waals surface area contributed by atoms with Crippen LogP contribution in [0.25, 0.3) is 44.5 Å². The maximum absolute atomic E-state index is 17.0. The molecule has 8 aromatic carbocycles. The summed E-state index contributed by atoms with van der Waals surface area (Å²) in [7, 11) is -17.2. The van der Waals surface area contributed by atoms with Gasteiger partial charge in [0, 0.05) is 23.7 Å². The fourth-order valence-corrected chi connectivity index (χ4v) is 29.8. The Morgan fingerprint density at radius 1 is 0.341 bits per heavy atom. The van der Waals surface area contributed by atoms with E-state index >= 15 is 9.13 Å². The van der Waals surface area contributed by atoms with Gasteiger partial charge in [-0.2, -0.15) is 0 Å². The molecule has 0 amide bonds. The van der Waals surface area contributed by atoms with Gasteiger partial charge in [-0.05, 0) is 111 Å². The molecule has 2 N–H and O–H groups in total. The summed E-state index contributed by atoms with van der Waals surface area (Å²) in [4.78, 5) is 0. The van der Waals surface area contributed by atoms with Crippen LogP contribution in [0.4, 0.5) is 0 Å². The molecule has 1 aliphatic heterocycles. The predicted octanol–water partition coefficient (Wildman–Crippen LogP) is 17.3. The fraction of sp³-hybridized carbons (Fsp3) is 0.351. The summed E-state index contributed by atoms with van der Waals surface area (Å²) >= 11 is 0. The highest BCUT2D eigenvalue weighted by atomic mass is 31.2. The highest BCUT2D eigenvalue weighted by Crippen LogP contribution is 2.62. The molecule has 1 saturated carbocycles. The van der Waals surface area contributed by atoms with E-state index in [-0.39, 0.29) is 48.6 Å². The van der Waals surface area contributed by atoms with Crippen molar-refractivity contribution in [2.45, 2.75) is 138 Å². The monoisotopic (exact) mass is 1290 g/mol. The van der Waals surface area contributed by atoms with Crippen molar-refractivity contribution in [3.8, 4) is 44.5 Å².